The lowest BCUT2D eigenvalue weighted by atomic mass is 9.79. The molecule has 0 aromatic carbocycles. The maximum atomic E-state index is 12.5. The smallest absolute Gasteiger partial charge is 0.339 e. The highest BCUT2D eigenvalue weighted by Gasteiger charge is 2.54. The fraction of sp³-hybridized carbons (Fsp3) is 0.667. The Labute approximate surface area is 135 Å². The molecule has 0 saturated heterocycles. The normalized spacial score (nSPS) is 34.6. The van der Waals surface area contributed by atoms with Crippen LogP contribution in [0.1, 0.15) is 65.7 Å². The van der Waals surface area contributed by atoms with E-state index in [1.54, 1.807) is 0 Å². The van der Waals surface area contributed by atoms with Gasteiger partial charge in [-0.3, -0.25) is 4.79 Å². The van der Waals surface area contributed by atoms with Gasteiger partial charge >= 0.3 is 5.97 Å². The Hall–Kier alpha value is -1.78. The van der Waals surface area contributed by atoms with Crippen molar-refractivity contribution in [2.75, 3.05) is 0 Å². The van der Waals surface area contributed by atoms with Crippen LogP contribution in [0.4, 0.5) is 0 Å². The number of amides is 1. The molecule has 4 rings (SSSR count). The fourth-order valence-electron chi connectivity index (χ4n) is 5.46. The number of carbonyl (C=O) groups excluding carboxylic acids is 1. The number of carboxylic acids is 1. The van der Waals surface area contributed by atoms with Crippen LogP contribution >= 0.6 is 0 Å². The van der Waals surface area contributed by atoms with Gasteiger partial charge in [-0.25, -0.2) is 4.79 Å². The van der Waals surface area contributed by atoms with Gasteiger partial charge in [0.1, 0.15) is 11.3 Å². The lowest BCUT2D eigenvalue weighted by Gasteiger charge is -2.31. The maximum Gasteiger partial charge on any atom is 0.339 e. The Bertz CT molecular complexity index is 649. The summed E-state index contributed by atoms with van der Waals surface area (Å²) in [7, 11) is 0. The highest BCUT2D eigenvalue weighted by atomic mass is 16.4. The molecule has 1 amide bonds. The Balaban J connectivity index is 1.48. The summed E-state index contributed by atoms with van der Waals surface area (Å²) in [4.78, 5) is 23.7. The van der Waals surface area contributed by atoms with Crippen molar-refractivity contribution in [3.8, 4) is 0 Å². The van der Waals surface area contributed by atoms with Crippen molar-refractivity contribution in [1.29, 1.82) is 0 Å². The number of rotatable bonds is 4. The summed E-state index contributed by atoms with van der Waals surface area (Å²) in [5, 5.41) is 12.3. The first-order valence-electron chi connectivity index (χ1n) is 8.75. The van der Waals surface area contributed by atoms with E-state index in [0.717, 1.165) is 24.2 Å². The van der Waals surface area contributed by atoms with Gasteiger partial charge in [0.25, 0.3) is 5.91 Å². The van der Waals surface area contributed by atoms with Crippen molar-refractivity contribution >= 4 is 11.9 Å². The summed E-state index contributed by atoms with van der Waals surface area (Å²) >= 11 is 0. The average molecular weight is 317 g/mol. The summed E-state index contributed by atoms with van der Waals surface area (Å²) in [5.41, 5.74) is 0.0986. The molecular formula is C18H23NO4. The molecule has 0 aliphatic heterocycles. The Morgan fingerprint density at radius 2 is 2.04 bits per heavy atom. The number of nitrogens with one attached hydrogen (secondary N) is 1. The largest absolute Gasteiger partial charge is 0.478 e. The van der Waals surface area contributed by atoms with E-state index in [-0.39, 0.29) is 23.3 Å². The Kier molecular flexibility index (Phi) is 3.47. The van der Waals surface area contributed by atoms with E-state index in [1.165, 1.54) is 31.7 Å². The number of carbonyl (C=O) groups is 2. The van der Waals surface area contributed by atoms with Gasteiger partial charge in [-0.15, -0.1) is 0 Å². The lowest BCUT2D eigenvalue weighted by Crippen LogP contribution is -2.42. The number of aryl methyl sites for hydroxylation is 1. The van der Waals surface area contributed by atoms with Crippen LogP contribution in [0.3, 0.4) is 0 Å². The first kappa shape index (κ1) is 14.8. The summed E-state index contributed by atoms with van der Waals surface area (Å²) in [5.74, 6) is 2.25. The first-order valence-corrected chi connectivity index (χ1v) is 8.75. The third-order valence-corrected chi connectivity index (χ3v) is 6.33. The molecule has 1 aromatic heterocycles. The molecule has 2 N–H and O–H groups in total. The van der Waals surface area contributed by atoms with Crippen molar-refractivity contribution in [2.45, 2.75) is 51.5 Å². The second kappa shape index (κ2) is 5.39. The number of furan rings is 1. The summed E-state index contributed by atoms with van der Waals surface area (Å²) in [6.45, 7) is 1.82. The van der Waals surface area contributed by atoms with Crippen LogP contribution in [-0.4, -0.2) is 23.0 Å². The molecule has 5 atom stereocenters. The quantitative estimate of drug-likeness (QED) is 0.894. The molecule has 3 aliphatic carbocycles. The maximum absolute atomic E-state index is 12.5. The molecule has 3 saturated carbocycles. The van der Waals surface area contributed by atoms with Crippen LogP contribution in [0.5, 0.6) is 0 Å². The molecule has 0 radical (unpaired) electrons. The van der Waals surface area contributed by atoms with Gasteiger partial charge in [-0.1, -0.05) is 13.3 Å². The molecule has 5 unspecified atom stereocenters. The highest BCUT2D eigenvalue weighted by molar-refractivity contribution is 5.96. The Morgan fingerprint density at radius 3 is 2.74 bits per heavy atom. The van der Waals surface area contributed by atoms with E-state index in [0.29, 0.717) is 18.1 Å². The minimum absolute atomic E-state index is 0.0986. The molecule has 1 heterocycles. The number of carboxylic acid groups (broad SMARTS) is 1. The molecule has 2 bridgehead atoms. The number of aromatic carboxylic acids is 1. The van der Waals surface area contributed by atoms with Gasteiger partial charge in [0.15, 0.2) is 5.76 Å². The zero-order chi connectivity index (χ0) is 16.1. The van der Waals surface area contributed by atoms with Crippen molar-refractivity contribution in [3.05, 3.63) is 23.2 Å². The number of fused-ring (bicyclic) bond motifs is 5. The minimum Gasteiger partial charge on any atom is -0.478 e. The highest BCUT2D eigenvalue weighted by Crippen LogP contribution is 2.58. The lowest BCUT2D eigenvalue weighted by molar-refractivity contribution is 0.0694. The van der Waals surface area contributed by atoms with Gasteiger partial charge in [0.05, 0.1) is 0 Å². The number of hydrogen-bond donors (Lipinski definition) is 2. The topological polar surface area (TPSA) is 79.5 Å². The summed E-state index contributed by atoms with van der Waals surface area (Å²) < 4.78 is 5.47. The van der Waals surface area contributed by atoms with Crippen LogP contribution in [0.25, 0.3) is 0 Å². The monoisotopic (exact) mass is 317 g/mol. The first-order chi connectivity index (χ1) is 11.1. The standard InChI is InChI=1S/C18H23NO4/c1-2-15-13(18(21)22)8-16(23-15)17(20)19-14-7-9-6-12(14)11-5-3-4-10(9)11/h8-12,14H,2-7H2,1H3,(H,19,20)(H,21,22). The molecule has 5 heteroatoms. The zero-order valence-corrected chi connectivity index (χ0v) is 13.4. The van der Waals surface area contributed by atoms with Gasteiger partial charge in [0.2, 0.25) is 0 Å². The van der Waals surface area contributed by atoms with Crippen molar-refractivity contribution < 1.29 is 19.1 Å². The minimum atomic E-state index is -1.04. The van der Waals surface area contributed by atoms with Crippen molar-refractivity contribution in [3.63, 3.8) is 0 Å². The van der Waals surface area contributed by atoms with Gasteiger partial charge in [-0.2, -0.15) is 0 Å². The van der Waals surface area contributed by atoms with E-state index < -0.39 is 5.97 Å². The van der Waals surface area contributed by atoms with E-state index in [1.807, 2.05) is 6.92 Å². The van der Waals surface area contributed by atoms with Crippen LogP contribution in [0.15, 0.2) is 10.5 Å². The molecular weight excluding hydrogens is 294 g/mol. The second-order valence-corrected chi connectivity index (χ2v) is 7.34. The third kappa shape index (κ3) is 2.28. The van der Waals surface area contributed by atoms with E-state index in [2.05, 4.69) is 5.32 Å². The van der Waals surface area contributed by atoms with Crippen molar-refractivity contribution in [1.82, 2.24) is 5.32 Å². The predicted molar refractivity (Wildman–Crippen MR) is 83.3 cm³/mol. The van der Waals surface area contributed by atoms with Crippen molar-refractivity contribution in [2.24, 2.45) is 23.7 Å². The van der Waals surface area contributed by atoms with Crippen LogP contribution < -0.4 is 5.32 Å². The van der Waals surface area contributed by atoms with Gasteiger partial charge < -0.3 is 14.8 Å². The summed E-state index contributed by atoms with van der Waals surface area (Å²) in [6.07, 6.45) is 6.80. The van der Waals surface area contributed by atoms with E-state index >= 15 is 0 Å². The predicted octanol–water partition coefficient (Wildman–Crippen LogP) is 3.09. The molecule has 3 aliphatic rings. The number of hydrogen-bond acceptors (Lipinski definition) is 3. The average Bonchev–Trinajstić information content (AvgIpc) is 3.26. The molecule has 3 fully saturated rings. The van der Waals surface area contributed by atoms with E-state index in [4.69, 9.17) is 4.42 Å². The van der Waals surface area contributed by atoms with Gasteiger partial charge in [0, 0.05) is 18.5 Å². The van der Waals surface area contributed by atoms with Gasteiger partial charge in [-0.05, 0) is 49.4 Å². The molecule has 124 valence electrons. The molecule has 0 spiro atoms. The fourth-order valence-corrected chi connectivity index (χ4v) is 5.46. The third-order valence-electron chi connectivity index (χ3n) is 6.33. The summed E-state index contributed by atoms with van der Waals surface area (Å²) in [6, 6.07) is 1.59. The second-order valence-electron chi connectivity index (χ2n) is 7.34. The Morgan fingerprint density at radius 1 is 1.26 bits per heavy atom. The van der Waals surface area contributed by atoms with Crippen LogP contribution in [0, 0.1) is 23.7 Å². The molecule has 5 nitrogen and oxygen atoms in total. The zero-order valence-electron chi connectivity index (χ0n) is 13.4. The van der Waals surface area contributed by atoms with Crippen LogP contribution in [0.2, 0.25) is 0 Å². The SMILES string of the molecule is CCc1oc(C(=O)NC2CC3CC2C2CCCC32)cc1C(=O)O. The van der Waals surface area contributed by atoms with Crippen LogP contribution in [-0.2, 0) is 6.42 Å². The molecule has 1 aromatic rings. The molecule has 23 heavy (non-hydrogen) atoms. The van der Waals surface area contributed by atoms with E-state index in [9.17, 15) is 14.7 Å².